The van der Waals surface area contributed by atoms with E-state index in [9.17, 15) is 14.8 Å². The number of aliphatic hydroxyl groups is 1. The first-order valence-electron chi connectivity index (χ1n) is 10.4. The lowest BCUT2D eigenvalue weighted by atomic mass is 9.76. The fraction of sp³-hybridized carbons (Fsp3) is 0.154. The Morgan fingerprint density at radius 1 is 0.969 bits per heavy atom. The van der Waals surface area contributed by atoms with Gasteiger partial charge in [-0.2, -0.15) is 5.26 Å². The maximum absolute atomic E-state index is 13.6. The molecule has 1 N–H and O–H groups in total. The summed E-state index contributed by atoms with van der Waals surface area (Å²) in [6, 6.07) is 25.9. The zero-order valence-corrected chi connectivity index (χ0v) is 17.9. The minimum Gasteiger partial charge on any atom is -0.394 e. The number of anilines is 1. The largest absolute Gasteiger partial charge is 0.394 e. The van der Waals surface area contributed by atoms with Gasteiger partial charge in [-0.3, -0.25) is 0 Å². The molecule has 2 heterocycles. The van der Waals surface area contributed by atoms with Crippen LogP contribution in [0.25, 0.3) is 22.4 Å². The van der Waals surface area contributed by atoms with E-state index < -0.39 is 6.04 Å². The van der Waals surface area contributed by atoms with Crippen molar-refractivity contribution in [3.05, 3.63) is 95.6 Å². The molecule has 0 saturated carbocycles. The van der Waals surface area contributed by atoms with E-state index in [1.807, 2.05) is 70.9 Å². The van der Waals surface area contributed by atoms with Crippen molar-refractivity contribution in [3.63, 3.8) is 0 Å². The second-order valence-corrected chi connectivity index (χ2v) is 8.61. The van der Waals surface area contributed by atoms with Crippen molar-refractivity contribution in [2.45, 2.75) is 18.0 Å². The fourth-order valence-corrected chi connectivity index (χ4v) is 5.29. The average molecular weight is 442 g/mol. The summed E-state index contributed by atoms with van der Waals surface area (Å²) in [6.45, 7) is -0.0747. The van der Waals surface area contributed by atoms with Crippen LogP contribution in [0.1, 0.15) is 11.5 Å². The molecule has 1 fully saturated rings. The molecule has 6 heteroatoms. The Hall–Kier alpha value is -3.53. The van der Waals surface area contributed by atoms with Gasteiger partial charge >= 0.3 is 0 Å². The topological polar surface area (TPSA) is 60.1 Å². The smallest absolute Gasteiger partial charge is 0.187 e. The van der Waals surface area contributed by atoms with Crippen LogP contribution in [0.5, 0.6) is 0 Å². The van der Waals surface area contributed by atoms with E-state index in [1.165, 1.54) is 23.5 Å². The zero-order chi connectivity index (χ0) is 22.1. The van der Waals surface area contributed by atoms with E-state index in [1.54, 1.807) is 6.07 Å². The van der Waals surface area contributed by atoms with Crippen LogP contribution < -0.4 is 4.90 Å². The lowest BCUT2D eigenvalue weighted by Crippen LogP contribution is -2.63. The van der Waals surface area contributed by atoms with Crippen LogP contribution in [0.2, 0.25) is 0 Å². The fourth-order valence-electron chi connectivity index (χ4n) is 4.36. The number of nitriles is 1. The Bertz CT molecular complexity index is 1270. The lowest BCUT2D eigenvalue weighted by Gasteiger charge is -2.51. The molecule has 0 aliphatic carbocycles. The third-order valence-corrected chi connectivity index (χ3v) is 6.82. The summed E-state index contributed by atoms with van der Waals surface area (Å²) in [5.74, 6) is -0.403. The molecule has 1 aliphatic rings. The molecule has 4 nitrogen and oxygen atoms in total. The number of rotatable bonds is 5. The van der Waals surface area contributed by atoms with Gasteiger partial charge in [-0.05, 0) is 28.8 Å². The van der Waals surface area contributed by atoms with E-state index >= 15 is 0 Å². The summed E-state index contributed by atoms with van der Waals surface area (Å²) in [6.07, 6.45) is 0. The van der Waals surface area contributed by atoms with Crippen LogP contribution in [0, 0.1) is 17.1 Å². The highest BCUT2D eigenvalue weighted by molar-refractivity contribution is 7.14. The molecule has 4 aromatic rings. The average Bonchev–Trinajstić information content (AvgIpc) is 3.29. The maximum Gasteiger partial charge on any atom is 0.187 e. The predicted molar refractivity (Wildman–Crippen MR) is 125 cm³/mol. The van der Waals surface area contributed by atoms with E-state index in [2.05, 4.69) is 6.07 Å². The molecule has 1 aliphatic heterocycles. The Morgan fingerprint density at radius 2 is 1.72 bits per heavy atom. The maximum atomic E-state index is 13.6. The van der Waals surface area contributed by atoms with Crippen LogP contribution in [-0.4, -0.2) is 28.8 Å². The minimum absolute atomic E-state index is 0.0747. The van der Waals surface area contributed by atoms with Gasteiger partial charge in [0.1, 0.15) is 11.9 Å². The van der Waals surface area contributed by atoms with Crippen molar-refractivity contribution in [3.8, 4) is 28.5 Å². The molecule has 0 radical (unpaired) electrons. The minimum atomic E-state index is -0.415. The highest BCUT2D eigenvalue weighted by Gasteiger charge is 2.50. The molecular formula is C26H20FN3OS. The van der Waals surface area contributed by atoms with Gasteiger partial charge in [0.2, 0.25) is 0 Å². The van der Waals surface area contributed by atoms with E-state index in [4.69, 9.17) is 4.98 Å². The number of thiazole rings is 1. The van der Waals surface area contributed by atoms with Gasteiger partial charge in [-0.1, -0.05) is 66.7 Å². The molecule has 0 spiro atoms. The van der Waals surface area contributed by atoms with Gasteiger partial charge in [0.15, 0.2) is 5.13 Å². The van der Waals surface area contributed by atoms with Crippen LogP contribution >= 0.6 is 11.3 Å². The predicted octanol–water partition coefficient (Wildman–Crippen LogP) is 5.47. The summed E-state index contributed by atoms with van der Waals surface area (Å²) in [7, 11) is 0. The van der Waals surface area contributed by atoms with Crippen molar-refractivity contribution in [1.82, 2.24) is 4.98 Å². The second-order valence-electron chi connectivity index (χ2n) is 7.77. The second kappa shape index (κ2) is 8.54. The van der Waals surface area contributed by atoms with Gasteiger partial charge in [0, 0.05) is 16.9 Å². The highest BCUT2D eigenvalue weighted by atomic mass is 32.1. The van der Waals surface area contributed by atoms with E-state index in [0.717, 1.165) is 33.1 Å². The van der Waals surface area contributed by atoms with Crippen molar-refractivity contribution >= 4 is 16.5 Å². The third-order valence-electron chi connectivity index (χ3n) is 5.97. The molecule has 3 atom stereocenters. The Morgan fingerprint density at radius 3 is 2.41 bits per heavy atom. The standard InChI is InChI=1S/C26H20FN3OS/c27-21-8-4-7-20(13-21)17-9-11-19(12-10-17)25-23(14-28)30(24(25)15-31)26-29-22(16-32-26)18-5-2-1-3-6-18/h1-13,16,23-25,31H,15H2/t23-,24+,25-/m1/s1. The van der Waals surface area contributed by atoms with Crippen molar-refractivity contribution in [2.24, 2.45) is 0 Å². The van der Waals surface area contributed by atoms with Crippen LogP contribution in [0.4, 0.5) is 9.52 Å². The molecule has 1 saturated heterocycles. The number of nitrogens with zero attached hydrogens (tertiary/aromatic N) is 3. The molecule has 3 aromatic carbocycles. The molecule has 0 unspecified atom stereocenters. The third kappa shape index (κ3) is 3.56. The normalized spacial score (nSPS) is 19.9. The number of aliphatic hydroxyl groups excluding tert-OH is 1. The number of benzene rings is 3. The molecular weight excluding hydrogens is 421 g/mol. The Balaban J connectivity index is 1.41. The Kier molecular flexibility index (Phi) is 5.44. The molecule has 1 aromatic heterocycles. The Labute approximate surface area is 189 Å². The number of hydrogen-bond acceptors (Lipinski definition) is 5. The van der Waals surface area contributed by atoms with Crippen molar-refractivity contribution in [1.29, 1.82) is 5.26 Å². The summed E-state index contributed by atoms with van der Waals surface area (Å²) in [5.41, 5.74) is 4.58. The number of halogens is 1. The van der Waals surface area contributed by atoms with Crippen LogP contribution in [0.3, 0.4) is 0 Å². The van der Waals surface area contributed by atoms with E-state index in [0.29, 0.717) is 0 Å². The van der Waals surface area contributed by atoms with Gasteiger partial charge in [-0.25, -0.2) is 9.37 Å². The van der Waals surface area contributed by atoms with Gasteiger partial charge in [0.05, 0.1) is 24.4 Å². The zero-order valence-electron chi connectivity index (χ0n) is 17.1. The first-order chi connectivity index (χ1) is 15.7. The lowest BCUT2D eigenvalue weighted by molar-refractivity contribution is 0.187. The van der Waals surface area contributed by atoms with E-state index in [-0.39, 0.29) is 24.4 Å². The molecule has 0 bridgehead atoms. The SMILES string of the molecule is N#C[C@@H]1[C@@H](c2ccc(-c3cccc(F)c3)cc2)[C@H](CO)N1c1nc(-c2ccccc2)cs1. The van der Waals surface area contributed by atoms with Crippen molar-refractivity contribution < 1.29 is 9.50 Å². The summed E-state index contributed by atoms with van der Waals surface area (Å²) >= 11 is 1.48. The molecule has 5 rings (SSSR count). The first-order valence-corrected chi connectivity index (χ1v) is 11.2. The van der Waals surface area contributed by atoms with Gasteiger partial charge in [0.25, 0.3) is 0 Å². The molecule has 158 valence electrons. The number of aromatic nitrogens is 1. The highest BCUT2D eigenvalue weighted by Crippen LogP contribution is 2.45. The molecule has 32 heavy (non-hydrogen) atoms. The summed E-state index contributed by atoms with van der Waals surface area (Å²) in [4.78, 5) is 6.65. The number of hydrogen-bond donors (Lipinski definition) is 1. The van der Waals surface area contributed by atoms with Gasteiger partial charge in [-0.15, -0.1) is 11.3 Å². The van der Waals surface area contributed by atoms with Crippen LogP contribution in [-0.2, 0) is 0 Å². The monoisotopic (exact) mass is 441 g/mol. The van der Waals surface area contributed by atoms with Gasteiger partial charge < -0.3 is 10.0 Å². The van der Waals surface area contributed by atoms with Crippen LogP contribution in [0.15, 0.2) is 84.2 Å². The summed E-state index contributed by atoms with van der Waals surface area (Å²) < 4.78 is 13.6. The van der Waals surface area contributed by atoms with Crippen molar-refractivity contribution in [2.75, 3.05) is 11.5 Å². The summed E-state index contributed by atoms with van der Waals surface area (Å²) in [5, 5.41) is 22.8. The molecule has 0 amide bonds. The quantitative estimate of drug-likeness (QED) is 0.446. The first kappa shape index (κ1) is 20.4.